The van der Waals surface area contributed by atoms with Gasteiger partial charge in [0.05, 0.1) is 12.8 Å². The van der Waals surface area contributed by atoms with Crippen molar-refractivity contribution in [2.24, 2.45) is 0 Å². The van der Waals surface area contributed by atoms with Gasteiger partial charge in [0.2, 0.25) is 0 Å². The zero-order valence-corrected chi connectivity index (χ0v) is 15.0. The number of carboxylic acid groups (broad SMARTS) is 1. The summed E-state index contributed by atoms with van der Waals surface area (Å²) >= 11 is 1.06. The van der Waals surface area contributed by atoms with Crippen LogP contribution < -0.4 is 4.74 Å². The molecule has 0 amide bonds. The van der Waals surface area contributed by atoms with Gasteiger partial charge >= 0.3 is 12.1 Å². The first kappa shape index (κ1) is 18.2. The number of ether oxygens (including phenoxy) is 1. The van der Waals surface area contributed by atoms with Crippen LogP contribution in [-0.2, 0) is 12.6 Å². The molecule has 138 valence electrons. The molecule has 0 aliphatic carbocycles. The van der Waals surface area contributed by atoms with Gasteiger partial charge in [-0.05, 0) is 37.1 Å². The maximum absolute atomic E-state index is 13.3. The van der Waals surface area contributed by atoms with Crippen molar-refractivity contribution in [1.82, 2.24) is 9.38 Å². The average Bonchev–Trinajstić information content (AvgIpc) is 3.09. The van der Waals surface area contributed by atoms with Crippen LogP contribution >= 0.6 is 11.3 Å². The molecule has 1 N–H and O–H groups in total. The van der Waals surface area contributed by atoms with E-state index < -0.39 is 23.5 Å². The third-order valence-electron chi connectivity index (χ3n) is 4.01. The van der Waals surface area contributed by atoms with Gasteiger partial charge in [0.25, 0.3) is 0 Å². The molecule has 0 radical (unpaired) electrons. The molecule has 0 bridgehead atoms. The predicted molar refractivity (Wildman–Crippen MR) is 91.1 cm³/mol. The Hall–Kier alpha value is -2.55. The van der Waals surface area contributed by atoms with E-state index in [1.165, 1.54) is 7.11 Å². The first-order valence-corrected chi connectivity index (χ1v) is 8.50. The highest BCUT2D eigenvalue weighted by atomic mass is 32.1. The van der Waals surface area contributed by atoms with Gasteiger partial charge < -0.3 is 9.84 Å². The summed E-state index contributed by atoms with van der Waals surface area (Å²) in [5.41, 5.74) is -0.435. The van der Waals surface area contributed by atoms with E-state index in [1.807, 2.05) is 13.8 Å². The molecule has 26 heavy (non-hydrogen) atoms. The van der Waals surface area contributed by atoms with E-state index in [0.717, 1.165) is 26.2 Å². The van der Waals surface area contributed by atoms with Gasteiger partial charge in [-0.1, -0.05) is 6.92 Å². The summed E-state index contributed by atoms with van der Waals surface area (Å²) in [6.45, 7) is 3.67. The number of carboxylic acids is 1. The minimum Gasteiger partial charge on any atom is -0.496 e. The summed E-state index contributed by atoms with van der Waals surface area (Å²) in [4.78, 5) is 15.9. The lowest BCUT2D eigenvalue weighted by molar-refractivity contribution is -0.141. The van der Waals surface area contributed by atoms with E-state index in [-0.39, 0.29) is 4.96 Å². The number of fused-ring (bicyclic) bond motifs is 1. The number of aromatic carboxylic acids is 1. The van der Waals surface area contributed by atoms with Crippen LogP contribution in [0.2, 0.25) is 0 Å². The van der Waals surface area contributed by atoms with Gasteiger partial charge in [-0.2, -0.15) is 13.2 Å². The Balaban J connectivity index is 2.39. The van der Waals surface area contributed by atoms with E-state index in [4.69, 9.17) is 4.74 Å². The minimum atomic E-state index is -4.85. The largest absolute Gasteiger partial charge is 0.496 e. The minimum absolute atomic E-state index is 0.00930. The molecule has 0 spiro atoms. The topological polar surface area (TPSA) is 63.8 Å². The second-order valence-corrected chi connectivity index (χ2v) is 6.70. The maximum atomic E-state index is 13.3. The predicted octanol–water partition coefficient (Wildman–Crippen LogP) is 4.66. The third kappa shape index (κ3) is 2.82. The van der Waals surface area contributed by atoms with Gasteiger partial charge in [-0.25, -0.2) is 9.78 Å². The van der Waals surface area contributed by atoms with Gasteiger partial charge in [0.1, 0.15) is 5.75 Å². The Bertz CT molecular complexity index is 1010. The van der Waals surface area contributed by atoms with Crippen LogP contribution in [0.3, 0.4) is 0 Å². The van der Waals surface area contributed by atoms with Crippen LogP contribution in [0.5, 0.6) is 5.75 Å². The van der Waals surface area contributed by atoms with E-state index >= 15 is 0 Å². The van der Waals surface area contributed by atoms with Crippen molar-refractivity contribution < 1.29 is 27.8 Å². The monoisotopic (exact) mass is 384 g/mol. The lowest BCUT2D eigenvalue weighted by Crippen LogP contribution is -2.14. The van der Waals surface area contributed by atoms with Gasteiger partial charge in [0, 0.05) is 10.4 Å². The molecule has 0 saturated heterocycles. The van der Waals surface area contributed by atoms with Crippen LogP contribution in [0.15, 0.2) is 18.2 Å². The molecule has 0 unspecified atom stereocenters. The van der Waals surface area contributed by atoms with Crippen molar-refractivity contribution in [2.45, 2.75) is 26.4 Å². The third-order valence-corrected chi connectivity index (χ3v) is 5.19. The SMILES string of the molecule is CCc1sc2nc(C(F)(F)F)c(C(=O)O)n2c1-c1ccc(OC)c(C)c1. The number of nitrogens with zero attached hydrogens (tertiary/aromatic N) is 2. The van der Waals surface area contributed by atoms with Crippen molar-refractivity contribution in [2.75, 3.05) is 7.11 Å². The smallest absolute Gasteiger partial charge is 0.435 e. The fourth-order valence-corrected chi connectivity index (χ4v) is 3.99. The Labute approximate surface area is 150 Å². The van der Waals surface area contributed by atoms with Crippen LogP contribution in [0.1, 0.15) is 33.5 Å². The normalized spacial score (nSPS) is 11.9. The van der Waals surface area contributed by atoms with E-state index in [9.17, 15) is 23.1 Å². The fraction of sp³-hybridized carbons (Fsp3) is 0.294. The van der Waals surface area contributed by atoms with Crippen LogP contribution in [-0.4, -0.2) is 27.6 Å². The van der Waals surface area contributed by atoms with Gasteiger partial charge in [0.15, 0.2) is 16.3 Å². The number of aromatic nitrogens is 2. The molecule has 0 aliphatic rings. The zero-order chi connectivity index (χ0) is 19.2. The van der Waals surface area contributed by atoms with Crippen molar-refractivity contribution in [3.63, 3.8) is 0 Å². The molecule has 2 aromatic heterocycles. The number of thiazole rings is 1. The highest BCUT2D eigenvalue weighted by Crippen LogP contribution is 2.39. The number of benzene rings is 1. The first-order chi connectivity index (χ1) is 12.2. The lowest BCUT2D eigenvalue weighted by atomic mass is 10.1. The highest BCUT2D eigenvalue weighted by Gasteiger charge is 2.41. The molecule has 0 atom stereocenters. The summed E-state index contributed by atoms with van der Waals surface area (Å²) in [5.74, 6) is -1.03. The van der Waals surface area contributed by atoms with Gasteiger partial charge in [-0.3, -0.25) is 4.40 Å². The van der Waals surface area contributed by atoms with Crippen molar-refractivity contribution in [3.8, 4) is 17.0 Å². The van der Waals surface area contributed by atoms with Crippen molar-refractivity contribution in [3.05, 3.63) is 40.0 Å². The summed E-state index contributed by atoms with van der Waals surface area (Å²) in [7, 11) is 1.52. The summed E-state index contributed by atoms with van der Waals surface area (Å²) in [6.07, 6.45) is -4.31. The second kappa shape index (κ2) is 6.31. The quantitative estimate of drug-likeness (QED) is 0.711. The summed E-state index contributed by atoms with van der Waals surface area (Å²) in [6, 6.07) is 5.17. The summed E-state index contributed by atoms with van der Waals surface area (Å²) in [5, 5.41) is 9.43. The number of hydrogen-bond acceptors (Lipinski definition) is 4. The molecule has 0 aliphatic heterocycles. The van der Waals surface area contributed by atoms with E-state index in [0.29, 0.717) is 23.4 Å². The Morgan fingerprint density at radius 3 is 2.58 bits per heavy atom. The van der Waals surface area contributed by atoms with Crippen molar-refractivity contribution in [1.29, 1.82) is 0 Å². The van der Waals surface area contributed by atoms with E-state index in [2.05, 4.69) is 4.98 Å². The first-order valence-electron chi connectivity index (χ1n) is 7.68. The number of carbonyl (C=O) groups is 1. The number of imidazole rings is 1. The second-order valence-electron chi connectivity index (χ2n) is 5.64. The van der Waals surface area contributed by atoms with Crippen LogP contribution in [0.25, 0.3) is 16.2 Å². The number of halogens is 3. The Kier molecular flexibility index (Phi) is 4.43. The highest BCUT2D eigenvalue weighted by molar-refractivity contribution is 7.17. The molecule has 0 fully saturated rings. The number of rotatable bonds is 4. The molecule has 9 heteroatoms. The van der Waals surface area contributed by atoms with Gasteiger partial charge in [-0.15, -0.1) is 11.3 Å². The van der Waals surface area contributed by atoms with Crippen LogP contribution in [0, 0.1) is 6.92 Å². The van der Waals surface area contributed by atoms with Crippen molar-refractivity contribution >= 4 is 22.3 Å². The Morgan fingerprint density at radius 1 is 1.38 bits per heavy atom. The average molecular weight is 384 g/mol. The number of aryl methyl sites for hydroxylation is 2. The Morgan fingerprint density at radius 2 is 2.08 bits per heavy atom. The molecule has 0 saturated carbocycles. The molecular formula is C17H15F3N2O3S. The maximum Gasteiger partial charge on any atom is 0.435 e. The molecule has 2 heterocycles. The zero-order valence-electron chi connectivity index (χ0n) is 14.1. The summed E-state index contributed by atoms with van der Waals surface area (Å²) < 4.78 is 46.1. The fourth-order valence-electron chi connectivity index (χ4n) is 2.91. The van der Waals surface area contributed by atoms with Crippen LogP contribution in [0.4, 0.5) is 13.2 Å². The number of alkyl halides is 3. The number of hydrogen-bond donors (Lipinski definition) is 1. The molecule has 3 aromatic rings. The standard InChI is InChI=1S/C17H15F3N2O3S/c1-4-11-12(9-5-6-10(25-3)8(2)7-9)22-13(15(23)24)14(17(18,19)20)21-16(22)26-11/h5-7H,4H2,1-3H3,(H,23,24). The van der Waals surface area contributed by atoms with E-state index in [1.54, 1.807) is 18.2 Å². The lowest BCUT2D eigenvalue weighted by Gasteiger charge is -2.10. The molecule has 3 rings (SSSR count). The molecule has 1 aromatic carbocycles. The number of methoxy groups -OCH3 is 1. The molecular weight excluding hydrogens is 369 g/mol. The molecule has 5 nitrogen and oxygen atoms in total.